The largest absolute Gasteiger partial charge is 0.395 e. The molecule has 2 amide bonds. The van der Waals surface area contributed by atoms with E-state index in [-0.39, 0.29) is 30.9 Å². The second kappa shape index (κ2) is 5.64. The van der Waals surface area contributed by atoms with Gasteiger partial charge in [0, 0.05) is 23.7 Å². The van der Waals surface area contributed by atoms with Gasteiger partial charge in [-0.2, -0.15) is 0 Å². The van der Waals surface area contributed by atoms with Crippen LogP contribution in [0.25, 0.3) is 0 Å². The van der Waals surface area contributed by atoms with Crippen LogP contribution in [0.4, 0.5) is 5.69 Å². The lowest BCUT2D eigenvalue weighted by Gasteiger charge is -2.06. The molecule has 1 aromatic carbocycles. The zero-order valence-electron chi connectivity index (χ0n) is 9.98. The van der Waals surface area contributed by atoms with Crippen molar-refractivity contribution in [2.45, 2.75) is 12.8 Å². The van der Waals surface area contributed by atoms with Crippen LogP contribution >= 0.6 is 0 Å². The van der Waals surface area contributed by atoms with Gasteiger partial charge in [0.15, 0.2) is 0 Å². The number of rotatable bonds is 5. The Labute approximate surface area is 105 Å². The smallest absolute Gasteiger partial charge is 0.251 e. The molecule has 5 heteroatoms. The minimum absolute atomic E-state index is 0.0486. The molecular weight excluding hydrogens is 232 g/mol. The van der Waals surface area contributed by atoms with Gasteiger partial charge >= 0.3 is 0 Å². The predicted octanol–water partition coefficient (Wildman–Crippen LogP) is 0.757. The normalized spacial score (nSPS) is 14.1. The highest BCUT2D eigenvalue weighted by molar-refractivity contribution is 5.96. The third-order valence-electron chi connectivity index (χ3n) is 2.76. The lowest BCUT2D eigenvalue weighted by Crippen LogP contribution is -2.26. The van der Waals surface area contributed by atoms with Crippen LogP contribution in [0.3, 0.4) is 0 Å². The van der Waals surface area contributed by atoms with E-state index in [0.717, 1.165) is 12.8 Å². The molecule has 0 bridgehead atoms. The Morgan fingerprint density at radius 3 is 2.44 bits per heavy atom. The maximum Gasteiger partial charge on any atom is 0.251 e. The summed E-state index contributed by atoms with van der Waals surface area (Å²) >= 11 is 0. The molecular formula is C13H16N2O3. The minimum atomic E-state index is -0.232. The van der Waals surface area contributed by atoms with Gasteiger partial charge in [-0.1, -0.05) is 0 Å². The van der Waals surface area contributed by atoms with Crippen molar-refractivity contribution in [3.8, 4) is 0 Å². The number of aliphatic hydroxyl groups excluding tert-OH is 1. The standard InChI is InChI=1S/C13H16N2O3/c16-8-7-14-12(17)9-3-5-11(6-4-9)15-13(18)10-1-2-10/h3-6,10,16H,1-2,7-8H2,(H,14,17)(H,15,18). The highest BCUT2D eigenvalue weighted by Gasteiger charge is 2.29. The van der Waals surface area contributed by atoms with E-state index in [1.54, 1.807) is 24.3 Å². The van der Waals surface area contributed by atoms with Crippen LogP contribution in [-0.4, -0.2) is 30.1 Å². The van der Waals surface area contributed by atoms with E-state index in [2.05, 4.69) is 10.6 Å². The Kier molecular flexibility index (Phi) is 3.94. The molecule has 3 N–H and O–H groups in total. The lowest BCUT2D eigenvalue weighted by atomic mass is 10.2. The average Bonchev–Trinajstić information content (AvgIpc) is 3.21. The van der Waals surface area contributed by atoms with E-state index in [1.165, 1.54) is 0 Å². The molecule has 0 unspecified atom stereocenters. The second-order valence-corrected chi connectivity index (χ2v) is 4.32. The zero-order chi connectivity index (χ0) is 13.0. The van der Waals surface area contributed by atoms with Gasteiger partial charge in [0.2, 0.25) is 5.91 Å². The molecule has 18 heavy (non-hydrogen) atoms. The number of benzene rings is 1. The van der Waals surface area contributed by atoms with E-state index < -0.39 is 0 Å². The predicted molar refractivity (Wildman–Crippen MR) is 67.2 cm³/mol. The van der Waals surface area contributed by atoms with Crippen molar-refractivity contribution in [1.82, 2.24) is 5.32 Å². The molecule has 1 aliphatic rings. The van der Waals surface area contributed by atoms with Crippen LogP contribution in [0.1, 0.15) is 23.2 Å². The fourth-order valence-corrected chi connectivity index (χ4v) is 1.57. The van der Waals surface area contributed by atoms with Gasteiger partial charge in [-0.3, -0.25) is 9.59 Å². The summed E-state index contributed by atoms with van der Waals surface area (Å²) < 4.78 is 0. The quantitative estimate of drug-likeness (QED) is 0.719. The first-order chi connectivity index (χ1) is 8.70. The van der Waals surface area contributed by atoms with Crippen molar-refractivity contribution >= 4 is 17.5 Å². The van der Waals surface area contributed by atoms with Crippen molar-refractivity contribution in [2.24, 2.45) is 5.92 Å². The lowest BCUT2D eigenvalue weighted by molar-refractivity contribution is -0.117. The molecule has 1 fully saturated rings. The fourth-order valence-electron chi connectivity index (χ4n) is 1.57. The van der Waals surface area contributed by atoms with Crippen molar-refractivity contribution in [1.29, 1.82) is 0 Å². The Morgan fingerprint density at radius 1 is 1.22 bits per heavy atom. The van der Waals surface area contributed by atoms with Gasteiger partial charge in [-0.05, 0) is 37.1 Å². The number of carbonyl (C=O) groups is 2. The zero-order valence-corrected chi connectivity index (χ0v) is 9.98. The van der Waals surface area contributed by atoms with E-state index in [1.807, 2.05) is 0 Å². The number of amides is 2. The monoisotopic (exact) mass is 248 g/mol. The molecule has 0 spiro atoms. The van der Waals surface area contributed by atoms with E-state index in [4.69, 9.17) is 5.11 Å². The molecule has 0 heterocycles. The van der Waals surface area contributed by atoms with Crippen molar-refractivity contribution in [2.75, 3.05) is 18.5 Å². The first kappa shape index (κ1) is 12.6. The number of aliphatic hydroxyl groups is 1. The summed E-state index contributed by atoms with van der Waals surface area (Å²) in [6, 6.07) is 6.70. The van der Waals surface area contributed by atoms with Crippen LogP contribution < -0.4 is 10.6 Å². The summed E-state index contributed by atoms with van der Waals surface area (Å²) in [6.07, 6.45) is 1.93. The third-order valence-corrected chi connectivity index (χ3v) is 2.76. The summed E-state index contributed by atoms with van der Waals surface area (Å²) in [5, 5.41) is 14.0. The third kappa shape index (κ3) is 3.30. The molecule has 0 radical (unpaired) electrons. The molecule has 1 aromatic rings. The highest BCUT2D eigenvalue weighted by Crippen LogP contribution is 2.30. The van der Waals surface area contributed by atoms with Crippen molar-refractivity contribution in [3.63, 3.8) is 0 Å². The Morgan fingerprint density at radius 2 is 1.89 bits per heavy atom. The van der Waals surface area contributed by atoms with Crippen molar-refractivity contribution < 1.29 is 14.7 Å². The summed E-state index contributed by atoms with van der Waals surface area (Å²) in [5.41, 5.74) is 1.21. The number of hydrogen-bond donors (Lipinski definition) is 3. The van der Waals surface area contributed by atoms with Crippen LogP contribution in [0.2, 0.25) is 0 Å². The van der Waals surface area contributed by atoms with E-state index in [0.29, 0.717) is 11.3 Å². The van der Waals surface area contributed by atoms with Gasteiger partial charge in [0.25, 0.3) is 5.91 Å². The average molecular weight is 248 g/mol. The SMILES string of the molecule is O=C(NCCO)c1ccc(NC(=O)C2CC2)cc1. The van der Waals surface area contributed by atoms with Gasteiger partial charge in [0.1, 0.15) is 0 Å². The second-order valence-electron chi connectivity index (χ2n) is 4.32. The molecule has 0 aliphatic heterocycles. The first-order valence-corrected chi connectivity index (χ1v) is 6.00. The van der Waals surface area contributed by atoms with E-state index in [9.17, 15) is 9.59 Å². The molecule has 0 saturated heterocycles. The van der Waals surface area contributed by atoms with Crippen LogP contribution in [0.5, 0.6) is 0 Å². The first-order valence-electron chi connectivity index (χ1n) is 6.00. The summed E-state index contributed by atoms with van der Waals surface area (Å²) in [7, 11) is 0. The number of nitrogens with one attached hydrogen (secondary N) is 2. The van der Waals surface area contributed by atoms with Crippen LogP contribution in [-0.2, 0) is 4.79 Å². The highest BCUT2D eigenvalue weighted by atomic mass is 16.3. The molecule has 1 saturated carbocycles. The maximum atomic E-state index is 11.5. The van der Waals surface area contributed by atoms with Gasteiger partial charge in [0.05, 0.1) is 6.61 Å². The van der Waals surface area contributed by atoms with Crippen molar-refractivity contribution in [3.05, 3.63) is 29.8 Å². The van der Waals surface area contributed by atoms with Crippen LogP contribution in [0, 0.1) is 5.92 Å². The number of hydrogen-bond acceptors (Lipinski definition) is 3. The maximum absolute atomic E-state index is 11.5. The molecule has 96 valence electrons. The van der Waals surface area contributed by atoms with Gasteiger partial charge < -0.3 is 15.7 Å². The fraction of sp³-hybridized carbons (Fsp3) is 0.385. The van der Waals surface area contributed by atoms with Gasteiger partial charge in [-0.25, -0.2) is 0 Å². The molecule has 5 nitrogen and oxygen atoms in total. The molecule has 0 aromatic heterocycles. The Hall–Kier alpha value is -1.88. The Balaban J connectivity index is 1.92. The summed E-state index contributed by atoms with van der Waals surface area (Å²) in [6.45, 7) is 0.153. The summed E-state index contributed by atoms with van der Waals surface area (Å²) in [5.74, 6) is -0.0193. The molecule has 0 atom stereocenters. The van der Waals surface area contributed by atoms with E-state index >= 15 is 0 Å². The molecule has 1 aliphatic carbocycles. The summed E-state index contributed by atoms with van der Waals surface area (Å²) in [4.78, 5) is 23.1. The van der Waals surface area contributed by atoms with Crippen LogP contribution in [0.15, 0.2) is 24.3 Å². The minimum Gasteiger partial charge on any atom is -0.395 e. The number of anilines is 1. The van der Waals surface area contributed by atoms with Gasteiger partial charge in [-0.15, -0.1) is 0 Å². The Bertz CT molecular complexity index is 438. The topological polar surface area (TPSA) is 78.4 Å². The number of carbonyl (C=O) groups excluding carboxylic acids is 2. The molecule has 2 rings (SSSR count).